The highest BCUT2D eigenvalue weighted by molar-refractivity contribution is 14.1. The van der Waals surface area contributed by atoms with Gasteiger partial charge in [-0.25, -0.2) is 4.98 Å². The summed E-state index contributed by atoms with van der Waals surface area (Å²) in [6.45, 7) is 5.22. The molecule has 0 aliphatic heterocycles. The summed E-state index contributed by atoms with van der Waals surface area (Å²) in [5, 5.41) is 3.56. The molecule has 4 heteroatoms. The molecule has 0 amide bonds. The molecule has 1 aromatic heterocycles. The van der Waals surface area contributed by atoms with Gasteiger partial charge >= 0.3 is 0 Å². The molecule has 2 nitrogen and oxygen atoms in total. The maximum absolute atomic E-state index is 4.35. The van der Waals surface area contributed by atoms with E-state index in [1.54, 1.807) is 11.3 Å². The van der Waals surface area contributed by atoms with Crippen LogP contribution >= 0.6 is 33.9 Å². The third-order valence-electron chi connectivity index (χ3n) is 2.90. The van der Waals surface area contributed by atoms with Gasteiger partial charge in [0.25, 0.3) is 0 Å². The Morgan fingerprint density at radius 3 is 2.61 bits per heavy atom. The lowest BCUT2D eigenvalue weighted by atomic mass is 10.0. The highest BCUT2D eigenvalue weighted by Crippen LogP contribution is 2.25. The van der Waals surface area contributed by atoms with E-state index < -0.39 is 0 Å². The number of nitrogens with one attached hydrogen (secondary N) is 1. The molecule has 0 bridgehead atoms. The number of aromatic nitrogens is 1. The molecule has 2 rings (SSSR count). The van der Waals surface area contributed by atoms with Crippen LogP contribution in [0.15, 0.2) is 29.8 Å². The quantitative estimate of drug-likeness (QED) is 0.804. The molecule has 0 aliphatic rings. The van der Waals surface area contributed by atoms with Crippen LogP contribution in [0.5, 0.6) is 0 Å². The largest absolute Gasteiger partial charge is 0.309 e. The average molecular weight is 372 g/mol. The van der Waals surface area contributed by atoms with Gasteiger partial charge < -0.3 is 5.32 Å². The van der Waals surface area contributed by atoms with Crippen molar-refractivity contribution in [2.24, 2.45) is 0 Å². The minimum absolute atomic E-state index is 0.377. The molecule has 0 radical (unpaired) electrons. The molecule has 2 aromatic rings. The summed E-state index contributed by atoms with van der Waals surface area (Å²) in [5.41, 5.74) is 4.45. The fraction of sp³-hybridized carbons (Fsp3) is 0.357. The lowest BCUT2D eigenvalue weighted by Crippen LogP contribution is -2.22. The van der Waals surface area contributed by atoms with Gasteiger partial charge in [-0.2, -0.15) is 0 Å². The Kier molecular flexibility index (Phi) is 5.14. The first-order valence-corrected chi connectivity index (χ1v) is 8.04. The zero-order valence-corrected chi connectivity index (χ0v) is 13.6. The van der Waals surface area contributed by atoms with Gasteiger partial charge in [0.05, 0.1) is 11.2 Å². The number of hydrogen-bond donors (Lipinski definition) is 1. The first-order valence-electron chi connectivity index (χ1n) is 6.08. The van der Waals surface area contributed by atoms with Crippen LogP contribution in [-0.4, -0.2) is 11.5 Å². The first kappa shape index (κ1) is 14.0. The van der Waals surface area contributed by atoms with Gasteiger partial charge in [-0.1, -0.05) is 19.1 Å². The van der Waals surface area contributed by atoms with Crippen LogP contribution in [0.3, 0.4) is 0 Å². The number of halogens is 1. The molecule has 1 N–H and O–H groups in total. The van der Waals surface area contributed by atoms with Gasteiger partial charge in [-0.3, -0.25) is 0 Å². The number of likely N-dealkylation sites (N-methyl/N-ethyl adjacent to an activating group) is 1. The number of thiazole rings is 1. The van der Waals surface area contributed by atoms with Crippen molar-refractivity contribution in [3.8, 4) is 0 Å². The summed E-state index contributed by atoms with van der Waals surface area (Å²) in [6.07, 6.45) is 1.02. The molecular weight excluding hydrogens is 355 g/mol. The maximum Gasteiger partial charge on any atom is 0.0798 e. The van der Waals surface area contributed by atoms with E-state index >= 15 is 0 Å². The molecule has 0 aliphatic carbocycles. The van der Waals surface area contributed by atoms with Crippen molar-refractivity contribution in [3.63, 3.8) is 0 Å². The zero-order chi connectivity index (χ0) is 13.0. The Bertz CT molecular complexity index is 493. The lowest BCUT2D eigenvalue weighted by molar-refractivity contribution is 0.555. The highest BCUT2D eigenvalue weighted by Gasteiger charge is 2.15. The van der Waals surface area contributed by atoms with E-state index in [4.69, 9.17) is 0 Å². The van der Waals surface area contributed by atoms with Crippen LogP contribution in [0, 0.1) is 10.5 Å². The topological polar surface area (TPSA) is 24.9 Å². The second kappa shape index (κ2) is 6.63. The van der Waals surface area contributed by atoms with Gasteiger partial charge in [0.1, 0.15) is 0 Å². The molecule has 0 fully saturated rings. The molecule has 0 saturated carbocycles. The Morgan fingerprint density at radius 2 is 2.06 bits per heavy atom. The van der Waals surface area contributed by atoms with Crippen molar-refractivity contribution in [3.05, 3.63) is 49.5 Å². The molecule has 96 valence electrons. The maximum atomic E-state index is 4.35. The van der Waals surface area contributed by atoms with E-state index in [0.29, 0.717) is 6.04 Å². The van der Waals surface area contributed by atoms with E-state index in [-0.39, 0.29) is 0 Å². The van der Waals surface area contributed by atoms with E-state index in [2.05, 4.69) is 71.0 Å². The fourth-order valence-electron chi connectivity index (χ4n) is 2.01. The van der Waals surface area contributed by atoms with Gasteiger partial charge in [0, 0.05) is 14.5 Å². The van der Waals surface area contributed by atoms with Gasteiger partial charge in [-0.15, -0.1) is 11.3 Å². The first-order chi connectivity index (χ1) is 8.70. The average Bonchev–Trinajstić information content (AvgIpc) is 2.78. The summed E-state index contributed by atoms with van der Waals surface area (Å²) in [5.74, 6) is 0. The van der Waals surface area contributed by atoms with Crippen molar-refractivity contribution in [2.45, 2.75) is 26.3 Å². The van der Waals surface area contributed by atoms with Crippen LogP contribution in [0.25, 0.3) is 0 Å². The summed E-state index contributed by atoms with van der Waals surface area (Å²) in [4.78, 5) is 5.71. The highest BCUT2D eigenvalue weighted by atomic mass is 127. The van der Waals surface area contributed by atoms with Crippen molar-refractivity contribution in [1.82, 2.24) is 10.3 Å². The van der Waals surface area contributed by atoms with Gasteiger partial charge in [0.2, 0.25) is 0 Å². The summed E-state index contributed by atoms with van der Waals surface area (Å²) >= 11 is 4.08. The molecule has 0 spiro atoms. The van der Waals surface area contributed by atoms with Crippen molar-refractivity contribution in [2.75, 3.05) is 6.54 Å². The minimum Gasteiger partial charge on any atom is -0.309 e. The second-order valence-electron chi connectivity index (χ2n) is 4.24. The van der Waals surface area contributed by atoms with Crippen LogP contribution < -0.4 is 5.32 Å². The van der Waals surface area contributed by atoms with E-state index in [1.165, 1.54) is 14.0 Å². The predicted molar refractivity (Wildman–Crippen MR) is 86.1 cm³/mol. The normalized spacial score (nSPS) is 12.6. The summed E-state index contributed by atoms with van der Waals surface area (Å²) in [6, 6.07) is 9.13. The molecular formula is C14H17IN2S. The van der Waals surface area contributed by atoms with E-state index in [1.807, 2.05) is 5.51 Å². The Hall–Kier alpha value is -0.460. The van der Waals surface area contributed by atoms with Crippen LogP contribution in [0.2, 0.25) is 0 Å². The Morgan fingerprint density at radius 1 is 1.33 bits per heavy atom. The summed E-state index contributed by atoms with van der Waals surface area (Å²) in [7, 11) is 0. The standard InChI is InChI=1S/C14H17IN2S/c1-3-16-13(14-10(2)17-9-18-14)8-11-4-6-12(15)7-5-11/h4-7,9,13,16H,3,8H2,1-2H3. The number of rotatable bonds is 5. The predicted octanol–water partition coefficient (Wildman–Crippen LogP) is 3.95. The third kappa shape index (κ3) is 3.52. The smallest absolute Gasteiger partial charge is 0.0798 e. The second-order valence-corrected chi connectivity index (χ2v) is 6.37. The monoisotopic (exact) mass is 372 g/mol. The van der Waals surface area contributed by atoms with Crippen LogP contribution in [0.1, 0.15) is 29.1 Å². The molecule has 0 saturated heterocycles. The van der Waals surface area contributed by atoms with Gasteiger partial charge in [0.15, 0.2) is 0 Å². The number of hydrogen-bond acceptors (Lipinski definition) is 3. The molecule has 18 heavy (non-hydrogen) atoms. The Balaban J connectivity index is 2.16. The van der Waals surface area contributed by atoms with Crippen LogP contribution in [-0.2, 0) is 6.42 Å². The van der Waals surface area contributed by atoms with E-state index in [9.17, 15) is 0 Å². The SMILES string of the molecule is CCNC(Cc1ccc(I)cc1)c1scnc1C. The molecule has 1 unspecified atom stereocenters. The molecule has 1 atom stereocenters. The van der Waals surface area contributed by atoms with Crippen molar-refractivity contribution >= 4 is 33.9 Å². The number of nitrogens with zero attached hydrogens (tertiary/aromatic N) is 1. The van der Waals surface area contributed by atoms with Crippen molar-refractivity contribution in [1.29, 1.82) is 0 Å². The fourth-order valence-corrected chi connectivity index (χ4v) is 3.24. The molecule has 1 aromatic carbocycles. The molecule has 1 heterocycles. The van der Waals surface area contributed by atoms with Gasteiger partial charge in [-0.05, 0) is 60.2 Å². The third-order valence-corrected chi connectivity index (χ3v) is 4.67. The van der Waals surface area contributed by atoms with Crippen LogP contribution in [0.4, 0.5) is 0 Å². The van der Waals surface area contributed by atoms with Crippen molar-refractivity contribution < 1.29 is 0 Å². The summed E-state index contributed by atoms with van der Waals surface area (Å²) < 4.78 is 1.28. The minimum atomic E-state index is 0.377. The zero-order valence-electron chi connectivity index (χ0n) is 10.6. The number of benzene rings is 1. The Labute approximate surface area is 126 Å². The number of aryl methyl sites for hydroxylation is 1. The lowest BCUT2D eigenvalue weighted by Gasteiger charge is -2.17. The van der Waals surface area contributed by atoms with E-state index in [0.717, 1.165) is 18.7 Å².